The summed E-state index contributed by atoms with van der Waals surface area (Å²) >= 11 is 1.42. The number of benzene rings is 2. The highest BCUT2D eigenvalue weighted by atomic mass is 32.2. The molecule has 0 bridgehead atoms. The van der Waals surface area contributed by atoms with Crippen LogP contribution in [0.5, 0.6) is 0 Å². The monoisotopic (exact) mass is 392 g/mol. The number of amides is 1. The van der Waals surface area contributed by atoms with E-state index in [1.54, 1.807) is 11.8 Å². The molecule has 0 aromatic heterocycles. The van der Waals surface area contributed by atoms with Crippen molar-refractivity contribution in [1.82, 2.24) is 4.90 Å². The largest absolute Gasteiger partial charge is 0.457 e. The zero-order valence-corrected chi connectivity index (χ0v) is 16.5. The van der Waals surface area contributed by atoms with Crippen LogP contribution in [0.3, 0.4) is 0 Å². The van der Waals surface area contributed by atoms with Crippen LogP contribution in [-0.2, 0) is 20.9 Å². The number of nitrogens with zero attached hydrogens (tertiary/aromatic N) is 2. The molecule has 4 rings (SSSR count). The molecule has 28 heavy (non-hydrogen) atoms. The molecule has 2 aliphatic heterocycles. The maximum absolute atomic E-state index is 13.0. The van der Waals surface area contributed by atoms with Gasteiger partial charge >= 0.3 is 5.97 Å². The second-order valence-corrected chi connectivity index (χ2v) is 8.04. The van der Waals surface area contributed by atoms with Gasteiger partial charge in [0.1, 0.15) is 6.61 Å². The minimum Gasteiger partial charge on any atom is -0.457 e. The van der Waals surface area contributed by atoms with E-state index in [1.807, 2.05) is 67.6 Å². The molecule has 0 N–H and O–H groups in total. The molecule has 0 radical (unpaired) electrons. The Morgan fingerprint density at radius 1 is 1.11 bits per heavy atom. The molecule has 2 aromatic rings. The third kappa shape index (κ3) is 3.36. The van der Waals surface area contributed by atoms with Gasteiger partial charge in [-0.2, -0.15) is 0 Å². The second-order valence-electron chi connectivity index (χ2n) is 6.74. The predicted octanol–water partition coefficient (Wildman–Crippen LogP) is 4.08. The topological polar surface area (TPSA) is 59.0 Å². The average molecular weight is 392 g/mol. The fourth-order valence-electron chi connectivity index (χ4n) is 3.42. The summed E-state index contributed by atoms with van der Waals surface area (Å²) in [4.78, 5) is 32.1. The lowest BCUT2D eigenvalue weighted by atomic mass is 9.94. The van der Waals surface area contributed by atoms with Crippen LogP contribution in [0, 0.1) is 0 Å². The Morgan fingerprint density at radius 3 is 2.43 bits per heavy atom. The van der Waals surface area contributed by atoms with Crippen LogP contribution < -0.4 is 0 Å². The van der Waals surface area contributed by atoms with Gasteiger partial charge in [0.25, 0.3) is 0 Å². The SMILES string of the molecule is CC1=C(C(=O)OCc2ccccc2)[C@@H](c2ccccc2)N2C(=O)[C@@H](C)SC2=N1. The van der Waals surface area contributed by atoms with Crippen LogP contribution in [0.1, 0.15) is 31.0 Å². The second kappa shape index (κ2) is 7.64. The van der Waals surface area contributed by atoms with Crippen LogP contribution in [0.2, 0.25) is 0 Å². The van der Waals surface area contributed by atoms with Crippen LogP contribution in [0.25, 0.3) is 0 Å². The summed E-state index contributed by atoms with van der Waals surface area (Å²) in [5.41, 5.74) is 2.78. The van der Waals surface area contributed by atoms with Crippen LogP contribution in [0.15, 0.2) is 76.9 Å². The number of thioether (sulfide) groups is 1. The van der Waals surface area contributed by atoms with Gasteiger partial charge < -0.3 is 4.74 Å². The lowest BCUT2D eigenvalue weighted by Crippen LogP contribution is -2.40. The predicted molar refractivity (Wildman–Crippen MR) is 109 cm³/mol. The smallest absolute Gasteiger partial charge is 0.338 e. The van der Waals surface area contributed by atoms with E-state index in [-0.39, 0.29) is 17.8 Å². The molecule has 5 nitrogen and oxygen atoms in total. The first-order valence-corrected chi connectivity index (χ1v) is 9.99. The Hall–Kier alpha value is -2.86. The van der Waals surface area contributed by atoms with Crippen LogP contribution in [0.4, 0.5) is 0 Å². The summed E-state index contributed by atoms with van der Waals surface area (Å²) in [5.74, 6) is -0.492. The Balaban J connectivity index is 1.70. The molecule has 1 amide bonds. The highest BCUT2D eigenvalue weighted by Crippen LogP contribution is 2.43. The number of aliphatic imine (C=N–C) groups is 1. The zero-order chi connectivity index (χ0) is 19.7. The Labute approximate surface area is 168 Å². The van der Waals surface area contributed by atoms with Crippen molar-refractivity contribution >= 4 is 28.8 Å². The van der Waals surface area contributed by atoms with E-state index in [0.717, 1.165) is 11.1 Å². The van der Waals surface area contributed by atoms with Gasteiger partial charge in [0.2, 0.25) is 5.91 Å². The maximum Gasteiger partial charge on any atom is 0.338 e. The lowest BCUT2D eigenvalue weighted by Gasteiger charge is -2.33. The summed E-state index contributed by atoms with van der Waals surface area (Å²) in [7, 11) is 0. The molecular formula is C22H20N2O3S. The fourth-order valence-corrected chi connectivity index (χ4v) is 4.44. The highest BCUT2D eigenvalue weighted by Gasteiger charge is 2.46. The van der Waals surface area contributed by atoms with Gasteiger partial charge in [-0.3, -0.25) is 9.69 Å². The van der Waals surface area contributed by atoms with Gasteiger partial charge in [-0.1, -0.05) is 72.4 Å². The number of ether oxygens (including phenoxy) is 1. The molecule has 1 saturated heterocycles. The zero-order valence-electron chi connectivity index (χ0n) is 15.7. The fraction of sp³-hybridized carbons (Fsp3) is 0.227. The molecule has 0 spiro atoms. The number of hydrogen-bond donors (Lipinski definition) is 0. The van der Waals surface area contributed by atoms with E-state index in [2.05, 4.69) is 4.99 Å². The third-order valence-electron chi connectivity index (χ3n) is 4.81. The first-order chi connectivity index (χ1) is 13.6. The maximum atomic E-state index is 13.0. The molecule has 2 heterocycles. The number of allylic oxidation sites excluding steroid dienone is 1. The molecule has 0 saturated carbocycles. The summed E-state index contributed by atoms with van der Waals surface area (Å²) in [6, 6.07) is 18.6. The molecule has 2 atom stereocenters. The van der Waals surface area contributed by atoms with Crippen molar-refractivity contribution in [2.45, 2.75) is 31.7 Å². The number of carbonyl (C=O) groups is 2. The number of hydrogen-bond acceptors (Lipinski definition) is 5. The number of carbonyl (C=O) groups excluding carboxylic acids is 2. The van der Waals surface area contributed by atoms with Crippen molar-refractivity contribution < 1.29 is 14.3 Å². The van der Waals surface area contributed by atoms with Gasteiger partial charge in [-0.05, 0) is 25.0 Å². The van der Waals surface area contributed by atoms with Crippen molar-refractivity contribution in [3.8, 4) is 0 Å². The minimum atomic E-state index is -0.526. The van der Waals surface area contributed by atoms with Gasteiger partial charge in [-0.15, -0.1) is 0 Å². The van der Waals surface area contributed by atoms with E-state index in [4.69, 9.17) is 4.74 Å². The van der Waals surface area contributed by atoms with Gasteiger partial charge in [0, 0.05) is 0 Å². The van der Waals surface area contributed by atoms with Crippen molar-refractivity contribution in [2.24, 2.45) is 4.99 Å². The Bertz CT molecular complexity index is 970. The minimum absolute atomic E-state index is 0.0431. The number of fused-ring (bicyclic) bond motifs is 1. The summed E-state index contributed by atoms with van der Waals surface area (Å²) in [5, 5.41) is 0.418. The van der Waals surface area contributed by atoms with Crippen molar-refractivity contribution in [2.75, 3.05) is 0 Å². The number of amidine groups is 1. The molecule has 2 aliphatic rings. The van der Waals surface area contributed by atoms with Gasteiger partial charge in [0.15, 0.2) is 5.17 Å². The van der Waals surface area contributed by atoms with Crippen LogP contribution >= 0.6 is 11.8 Å². The first-order valence-electron chi connectivity index (χ1n) is 9.11. The molecule has 2 aromatic carbocycles. The van der Waals surface area contributed by atoms with E-state index < -0.39 is 12.0 Å². The molecule has 0 unspecified atom stereocenters. The average Bonchev–Trinajstić information content (AvgIpc) is 3.00. The molecule has 6 heteroatoms. The van der Waals surface area contributed by atoms with Crippen molar-refractivity contribution in [3.05, 3.63) is 83.1 Å². The van der Waals surface area contributed by atoms with E-state index in [1.165, 1.54) is 11.8 Å². The standard InChI is InChI=1S/C22H20N2O3S/c1-14-18(21(26)27-13-16-9-5-3-6-10-16)19(17-11-7-4-8-12-17)24-20(25)15(2)28-22(24)23-14/h3-12,15,19H,13H2,1-2H3/t15-,19-/m1/s1. The quantitative estimate of drug-likeness (QED) is 0.736. The normalized spacial score (nSPS) is 21.4. The highest BCUT2D eigenvalue weighted by molar-refractivity contribution is 8.15. The first kappa shape index (κ1) is 18.5. The van der Waals surface area contributed by atoms with Gasteiger partial charge in [0.05, 0.1) is 22.6 Å². The Kier molecular flexibility index (Phi) is 5.05. The Morgan fingerprint density at radius 2 is 1.75 bits per heavy atom. The number of rotatable bonds is 4. The summed E-state index contributed by atoms with van der Waals surface area (Å²) < 4.78 is 5.59. The number of esters is 1. The van der Waals surface area contributed by atoms with E-state index in [9.17, 15) is 9.59 Å². The lowest BCUT2D eigenvalue weighted by molar-refractivity contribution is -0.141. The summed E-state index contributed by atoms with van der Waals surface area (Å²) in [6.07, 6.45) is 0. The third-order valence-corrected chi connectivity index (χ3v) is 5.86. The van der Waals surface area contributed by atoms with E-state index >= 15 is 0 Å². The van der Waals surface area contributed by atoms with Crippen molar-refractivity contribution in [1.29, 1.82) is 0 Å². The molecule has 0 aliphatic carbocycles. The summed E-state index contributed by atoms with van der Waals surface area (Å²) in [6.45, 7) is 3.83. The molecule has 142 valence electrons. The van der Waals surface area contributed by atoms with Crippen LogP contribution in [-0.4, -0.2) is 27.2 Å². The van der Waals surface area contributed by atoms with Gasteiger partial charge in [-0.25, -0.2) is 9.79 Å². The molecular weight excluding hydrogens is 372 g/mol. The van der Waals surface area contributed by atoms with Crippen molar-refractivity contribution in [3.63, 3.8) is 0 Å². The van der Waals surface area contributed by atoms with E-state index in [0.29, 0.717) is 16.4 Å². The molecule has 1 fully saturated rings.